The molecule has 1 nitrogen and oxygen atoms in total. The summed E-state index contributed by atoms with van der Waals surface area (Å²) in [5.74, 6) is 0. The molecule has 3 rings (SSSR count). The summed E-state index contributed by atoms with van der Waals surface area (Å²) in [5.41, 5.74) is 5.14. The molecule has 0 fully saturated rings. The summed E-state index contributed by atoms with van der Waals surface area (Å²) in [4.78, 5) is 2.27. The number of rotatable bonds is 2. The van der Waals surface area contributed by atoms with Crippen molar-refractivity contribution in [2.24, 2.45) is 0 Å². The highest BCUT2D eigenvalue weighted by Gasteiger charge is 2.10. The van der Waals surface area contributed by atoms with Gasteiger partial charge in [-0.25, -0.2) is 0 Å². The van der Waals surface area contributed by atoms with Crippen LogP contribution in [0.2, 0.25) is 0 Å². The van der Waals surface area contributed by atoms with Crippen molar-refractivity contribution in [3.05, 3.63) is 71.8 Å². The molecule has 0 amide bonds. The van der Waals surface area contributed by atoms with Crippen molar-refractivity contribution in [1.29, 1.82) is 0 Å². The summed E-state index contributed by atoms with van der Waals surface area (Å²) < 4.78 is 0. The first-order chi connectivity index (χ1) is 9.68. The Morgan fingerprint density at radius 3 is 2.20 bits per heavy atom. The van der Waals surface area contributed by atoms with Gasteiger partial charge in [-0.15, -0.1) is 0 Å². The van der Waals surface area contributed by atoms with Crippen molar-refractivity contribution in [2.45, 2.75) is 13.8 Å². The molecule has 0 aromatic heterocycles. The lowest BCUT2D eigenvalue weighted by atomic mass is 10.0. The first-order valence-corrected chi connectivity index (χ1v) is 6.96. The quantitative estimate of drug-likeness (QED) is 0.611. The molecule has 0 unspecified atom stereocenters. The number of aryl methyl sites for hydroxylation is 2. The molecule has 0 saturated heterocycles. The summed E-state index contributed by atoms with van der Waals surface area (Å²) in [6.07, 6.45) is 0. The second-order valence-corrected chi connectivity index (χ2v) is 5.28. The van der Waals surface area contributed by atoms with Gasteiger partial charge >= 0.3 is 0 Å². The van der Waals surface area contributed by atoms with E-state index in [0.29, 0.717) is 0 Å². The molecule has 20 heavy (non-hydrogen) atoms. The molecule has 3 aromatic carbocycles. The van der Waals surface area contributed by atoms with Gasteiger partial charge in [-0.1, -0.05) is 48.5 Å². The van der Waals surface area contributed by atoms with Crippen LogP contribution in [0.1, 0.15) is 11.1 Å². The van der Waals surface area contributed by atoms with Gasteiger partial charge < -0.3 is 4.90 Å². The maximum Gasteiger partial charge on any atom is 0.0444 e. The van der Waals surface area contributed by atoms with Crippen molar-refractivity contribution in [2.75, 3.05) is 11.9 Å². The van der Waals surface area contributed by atoms with Crippen LogP contribution in [-0.4, -0.2) is 7.05 Å². The predicted molar refractivity (Wildman–Crippen MR) is 87.9 cm³/mol. The van der Waals surface area contributed by atoms with Gasteiger partial charge in [-0.05, 0) is 47.9 Å². The Balaban J connectivity index is 2.15. The lowest BCUT2D eigenvalue weighted by Crippen LogP contribution is -2.12. The van der Waals surface area contributed by atoms with Crippen LogP contribution in [0.3, 0.4) is 0 Å². The molecule has 100 valence electrons. The van der Waals surface area contributed by atoms with E-state index in [1.807, 2.05) is 0 Å². The largest absolute Gasteiger partial charge is 0.344 e. The Kier molecular flexibility index (Phi) is 3.19. The van der Waals surface area contributed by atoms with Gasteiger partial charge in [0.15, 0.2) is 0 Å². The van der Waals surface area contributed by atoms with E-state index in [1.54, 1.807) is 0 Å². The Morgan fingerprint density at radius 2 is 1.40 bits per heavy atom. The number of anilines is 2. The Labute approximate surface area is 120 Å². The molecule has 1 heteroatoms. The zero-order valence-corrected chi connectivity index (χ0v) is 12.2. The van der Waals surface area contributed by atoms with Gasteiger partial charge in [0.25, 0.3) is 0 Å². The number of nitrogens with zero attached hydrogens (tertiary/aromatic N) is 1. The molecule has 0 saturated carbocycles. The fourth-order valence-corrected chi connectivity index (χ4v) is 2.85. The summed E-state index contributed by atoms with van der Waals surface area (Å²) in [7, 11) is 2.14. The molecular formula is C19H19N. The van der Waals surface area contributed by atoms with Crippen molar-refractivity contribution in [3.63, 3.8) is 0 Å². The van der Waals surface area contributed by atoms with E-state index in [2.05, 4.69) is 86.5 Å². The average molecular weight is 261 g/mol. The van der Waals surface area contributed by atoms with Gasteiger partial charge in [0.2, 0.25) is 0 Å². The van der Waals surface area contributed by atoms with Crippen LogP contribution in [0.25, 0.3) is 10.8 Å². The summed E-state index contributed by atoms with van der Waals surface area (Å²) >= 11 is 0. The number of hydrogen-bond acceptors (Lipinski definition) is 1. The predicted octanol–water partition coefficient (Wildman–Crippen LogP) is 5.22. The molecule has 3 aromatic rings. The van der Waals surface area contributed by atoms with Crippen molar-refractivity contribution in [3.8, 4) is 0 Å². The van der Waals surface area contributed by atoms with Crippen LogP contribution < -0.4 is 4.90 Å². The second-order valence-electron chi connectivity index (χ2n) is 5.28. The number of para-hydroxylation sites is 1. The van der Waals surface area contributed by atoms with E-state index in [0.717, 1.165) is 0 Å². The molecule has 0 bridgehead atoms. The van der Waals surface area contributed by atoms with Gasteiger partial charge in [0.1, 0.15) is 0 Å². The van der Waals surface area contributed by atoms with Crippen LogP contribution in [0, 0.1) is 13.8 Å². The van der Waals surface area contributed by atoms with Gasteiger partial charge in [-0.3, -0.25) is 0 Å². The summed E-state index contributed by atoms with van der Waals surface area (Å²) in [6, 6.07) is 21.5. The molecule has 0 atom stereocenters. The molecular weight excluding hydrogens is 242 g/mol. The molecule has 0 aliphatic carbocycles. The van der Waals surface area contributed by atoms with E-state index < -0.39 is 0 Å². The lowest BCUT2D eigenvalue weighted by Gasteiger charge is -2.24. The molecule has 0 spiro atoms. The topological polar surface area (TPSA) is 3.24 Å². The minimum Gasteiger partial charge on any atom is -0.344 e. The molecule has 0 aliphatic rings. The minimum absolute atomic E-state index is 1.26. The Hall–Kier alpha value is -2.28. The zero-order valence-electron chi connectivity index (χ0n) is 12.2. The summed E-state index contributed by atoms with van der Waals surface area (Å²) in [6.45, 7) is 4.36. The first kappa shape index (κ1) is 12.7. The maximum absolute atomic E-state index is 2.27. The summed E-state index contributed by atoms with van der Waals surface area (Å²) in [5, 5.41) is 2.62. The highest BCUT2D eigenvalue weighted by atomic mass is 15.1. The van der Waals surface area contributed by atoms with E-state index in [9.17, 15) is 0 Å². The van der Waals surface area contributed by atoms with Gasteiger partial charge in [0, 0.05) is 18.4 Å². The number of benzene rings is 3. The molecule has 0 N–H and O–H groups in total. The van der Waals surface area contributed by atoms with Crippen LogP contribution >= 0.6 is 0 Å². The first-order valence-electron chi connectivity index (χ1n) is 6.96. The minimum atomic E-state index is 1.26. The van der Waals surface area contributed by atoms with Gasteiger partial charge in [0.05, 0.1) is 0 Å². The molecule has 0 heterocycles. The third-order valence-electron chi connectivity index (χ3n) is 4.01. The fourth-order valence-electron chi connectivity index (χ4n) is 2.85. The smallest absolute Gasteiger partial charge is 0.0444 e. The maximum atomic E-state index is 2.27. The number of hydrogen-bond donors (Lipinski definition) is 0. The molecule has 0 aliphatic heterocycles. The third kappa shape index (κ3) is 2.05. The van der Waals surface area contributed by atoms with Crippen LogP contribution in [0.5, 0.6) is 0 Å². The second kappa shape index (κ2) is 5.01. The SMILES string of the molecule is Cc1ccccc1N(C)c1ccc2ccccc2c1C. The third-order valence-corrected chi connectivity index (χ3v) is 4.01. The monoisotopic (exact) mass is 261 g/mol. The lowest BCUT2D eigenvalue weighted by molar-refractivity contribution is 1.17. The van der Waals surface area contributed by atoms with E-state index in [-0.39, 0.29) is 0 Å². The average Bonchev–Trinajstić information content (AvgIpc) is 2.48. The highest BCUT2D eigenvalue weighted by Crippen LogP contribution is 2.32. The van der Waals surface area contributed by atoms with Crippen LogP contribution in [-0.2, 0) is 0 Å². The fraction of sp³-hybridized carbons (Fsp3) is 0.158. The number of fused-ring (bicyclic) bond motifs is 1. The Morgan fingerprint density at radius 1 is 0.700 bits per heavy atom. The van der Waals surface area contributed by atoms with E-state index in [4.69, 9.17) is 0 Å². The van der Waals surface area contributed by atoms with Gasteiger partial charge in [-0.2, -0.15) is 0 Å². The van der Waals surface area contributed by atoms with Crippen molar-refractivity contribution >= 4 is 22.1 Å². The molecule has 0 radical (unpaired) electrons. The zero-order chi connectivity index (χ0) is 14.1. The highest BCUT2D eigenvalue weighted by molar-refractivity contribution is 5.91. The standard InChI is InChI=1S/C19H19N/c1-14-8-4-7-11-18(14)20(3)19-13-12-16-9-5-6-10-17(16)15(19)2/h4-13H,1-3H3. The van der Waals surface area contributed by atoms with E-state index in [1.165, 1.54) is 33.3 Å². The van der Waals surface area contributed by atoms with Crippen LogP contribution in [0.15, 0.2) is 60.7 Å². The van der Waals surface area contributed by atoms with E-state index >= 15 is 0 Å². The van der Waals surface area contributed by atoms with Crippen LogP contribution in [0.4, 0.5) is 11.4 Å². The van der Waals surface area contributed by atoms with Crippen molar-refractivity contribution < 1.29 is 0 Å². The Bertz CT molecular complexity index is 759. The van der Waals surface area contributed by atoms with Crippen molar-refractivity contribution in [1.82, 2.24) is 0 Å². The normalized spacial score (nSPS) is 10.8.